The first-order valence-corrected chi connectivity index (χ1v) is 4.28. The molecule has 11 heavy (non-hydrogen) atoms. The van der Waals surface area contributed by atoms with Crippen molar-refractivity contribution in [2.75, 3.05) is 20.1 Å². The number of carbonyl (C=O) groups excluding carboxylic acids is 1. The minimum absolute atomic E-state index is 0.394. The molecule has 62 valence electrons. The quantitative estimate of drug-likeness (QED) is 0.612. The van der Waals surface area contributed by atoms with Crippen molar-refractivity contribution in [1.29, 1.82) is 0 Å². The lowest BCUT2D eigenvalue weighted by Crippen LogP contribution is -2.35. The van der Waals surface area contributed by atoms with Gasteiger partial charge in [0.1, 0.15) is 0 Å². The number of fused-ring (bicyclic) bond motifs is 1. The summed E-state index contributed by atoms with van der Waals surface area (Å²) in [6, 6.07) is 0.598. The molecule has 1 amide bonds. The molecule has 3 heteroatoms. The molecule has 2 saturated heterocycles. The van der Waals surface area contributed by atoms with E-state index in [0.717, 1.165) is 25.9 Å². The van der Waals surface area contributed by atoms with Gasteiger partial charge in [-0.15, -0.1) is 0 Å². The summed E-state index contributed by atoms with van der Waals surface area (Å²) in [5.41, 5.74) is 0. The normalized spacial score (nSPS) is 34.3. The van der Waals surface area contributed by atoms with E-state index in [4.69, 9.17) is 0 Å². The third-order valence-corrected chi connectivity index (χ3v) is 2.79. The van der Waals surface area contributed by atoms with Crippen LogP contribution >= 0.6 is 0 Å². The Hall–Kier alpha value is -0.570. The number of hydrogen-bond acceptors (Lipinski definition) is 2. The van der Waals surface area contributed by atoms with Gasteiger partial charge in [0.2, 0.25) is 5.91 Å². The SMILES string of the molecule is CNCCN1C(=O)C2CC1C2. The topological polar surface area (TPSA) is 32.3 Å². The second kappa shape index (κ2) is 2.48. The lowest BCUT2D eigenvalue weighted by molar-refractivity contribution is -0.128. The minimum atomic E-state index is 0.394. The van der Waals surface area contributed by atoms with E-state index in [1.165, 1.54) is 0 Å². The molecule has 0 atom stereocenters. The molecule has 0 spiro atoms. The van der Waals surface area contributed by atoms with Gasteiger partial charge in [-0.3, -0.25) is 4.79 Å². The van der Waals surface area contributed by atoms with Crippen molar-refractivity contribution >= 4 is 5.91 Å². The van der Waals surface area contributed by atoms with E-state index in [1.54, 1.807) is 0 Å². The lowest BCUT2D eigenvalue weighted by Gasteiger charge is -2.24. The van der Waals surface area contributed by atoms with E-state index >= 15 is 0 Å². The summed E-state index contributed by atoms with van der Waals surface area (Å²) in [5, 5.41) is 3.06. The van der Waals surface area contributed by atoms with Gasteiger partial charge in [-0.05, 0) is 19.9 Å². The second-order valence-electron chi connectivity index (χ2n) is 3.46. The molecular formula is C8H14N2O. The van der Waals surface area contributed by atoms with Gasteiger partial charge in [0.05, 0.1) is 0 Å². The van der Waals surface area contributed by atoms with Gasteiger partial charge in [-0.2, -0.15) is 0 Å². The maximum Gasteiger partial charge on any atom is 0.226 e. The summed E-state index contributed by atoms with van der Waals surface area (Å²) in [6.07, 6.45) is 2.26. The van der Waals surface area contributed by atoms with Crippen molar-refractivity contribution in [3.63, 3.8) is 0 Å². The molecule has 1 aliphatic carbocycles. The van der Waals surface area contributed by atoms with Gasteiger partial charge in [-0.25, -0.2) is 0 Å². The predicted octanol–water partition coefficient (Wildman–Crippen LogP) is -0.173. The minimum Gasteiger partial charge on any atom is -0.338 e. The maximum absolute atomic E-state index is 11.4. The zero-order chi connectivity index (χ0) is 7.84. The van der Waals surface area contributed by atoms with Gasteiger partial charge < -0.3 is 10.2 Å². The second-order valence-corrected chi connectivity index (χ2v) is 3.46. The number of likely N-dealkylation sites (N-methyl/N-ethyl adjacent to an activating group) is 1. The smallest absolute Gasteiger partial charge is 0.226 e. The fourth-order valence-corrected chi connectivity index (χ4v) is 1.98. The van der Waals surface area contributed by atoms with E-state index in [2.05, 4.69) is 5.32 Å². The fourth-order valence-electron chi connectivity index (χ4n) is 1.98. The highest BCUT2D eigenvalue weighted by molar-refractivity contribution is 5.84. The zero-order valence-corrected chi connectivity index (χ0v) is 6.84. The molecule has 3 fully saturated rings. The maximum atomic E-state index is 11.4. The van der Waals surface area contributed by atoms with Gasteiger partial charge in [0, 0.05) is 25.0 Å². The molecule has 1 N–H and O–H groups in total. The third-order valence-electron chi connectivity index (χ3n) is 2.79. The molecule has 0 radical (unpaired) electrons. The van der Waals surface area contributed by atoms with Crippen LogP contribution in [0.25, 0.3) is 0 Å². The number of rotatable bonds is 3. The van der Waals surface area contributed by atoms with E-state index in [0.29, 0.717) is 17.9 Å². The van der Waals surface area contributed by atoms with E-state index in [9.17, 15) is 4.79 Å². The van der Waals surface area contributed by atoms with Crippen LogP contribution in [-0.4, -0.2) is 37.0 Å². The van der Waals surface area contributed by atoms with E-state index < -0.39 is 0 Å². The molecule has 2 aliphatic heterocycles. The number of amides is 1. The molecule has 3 aliphatic rings. The Bertz CT molecular complexity index is 175. The summed E-state index contributed by atoms with van der Waals surface area (Å²) in [6.45, 7) is 1.82. The van der Waals surface area contributed by atoms with Crippen LogP contribution < -0.4 is 5.32 Å². The number of nitrogens with zero attached hydrogens (tertiary/aromatic N) is 1. The van der Waals surface area contributed by atoms with Gasteiger partial charge in [-0.1, -0.05) is 0 Å². The van der Waals surface area contributed by atoms with E-state index in [-0.39, 0.29) is 0 Å². The standard InChI is InChI=1S/C8H14N2O/c1-9-2-3-10-7-4-6(5-7)8(10)11/h6-7,9H,2-5H2,1H3. The van der Waals surface area contributed by atoms with Gasteiger partial charge in [0.15, 0.2) is 0 Å². The molecule has 0 aromatic heterocycles. The van der Waals surface area contributed by atoms with Crippen molar-refractivity contribution in [3.8, 4) is 0 Å². The summed E-state index contributed by atoms with van der Waals surface area (Å²) < 4.78 is 0. The number of carbonyl (C=O) groups is 1. The van der Waals surface area contributed by atoms with Crippen LogP contribution in [0.4, 0.5) is 0 Å². The van der Waals surface area contributed by atoms with Crippen molar-refractivity contribution in [3.05, 3.63) is 0 Å². The number of nitrogens with one attached hydrogen (secondary N) is 1. The Balaban J connectivity index is 1.89. The Morgan fingerprint density at radius 1 is 1.64 bits per heavy atom. The Labute approximate surface area is 66.8 Å². The Morgan fingerprint density at radius 3 is 2.82 bits per heavy atom. The van der Waals surface area contributed by atoms with Crippen molar-refractivity contribution in [1.82, 2.24) is 10.2 Å². The largest absolute Gasteiger partial charge is 0.338 e. The van der Waals surface area contributed by atoms with Crippen molar-refractivity contribution in [2.24, 2.45) is 5.92 Å². The first kappa shape index (κ1) is 7.10. The first-order valence-electron chi connectivity index (χ1n) is 4.28. The van der Waals surface area contributed by atoms with Crippen LogP contribution in [0, 0.1) is 5.92 Å². The zero-order valence-electron chi connectivity index (χ0n) is 6.84. The average Bonchev–Trinajstić information content (AvgIpc) is 2.34. The lowest BCUT2D eigenvalue weighted by atomic mass is 9.86. The molecular weight excluding hydrogens is 140 g/mol. The fraction of sp³-hybridized carbons (Fsp3) is 0.875. The van der Waals surface area contributed by atoms with Crippen molar-refractivity contribution < 1.29 is 4.79 Å². The summed E-state index contributed by atoms with van der Waals surface area (Å²) in [5.74, 6) is 0.794. The molecule has 0 aromatic rings. The molecule has 0 aromatic carbocycles. The molecule has 1 saturated carbocycles. The Kier molecular flexibility index (Phi) is 1.60. The predicted molar refractivity (Wildman–Crippen MR) is 42.2 cm³/mol. The summed E-state index contributed by atoms with van der Waals surface area (Å²) in [4.78, 5) is 13.4. The van der Waals surface area contributed by atoms with E-state index in [1.807, 2.05) is 11.9 Å². The molecule has 3 rings (SSSR count). The van der Waals surface area contributed by atoms with Crippen LogP contribution in [0.15, 0.2) is 0 Å². The van der Waals surface area contributed by atoms with Gasteiger partial charge >= 0.3 is 0 Å². The highest BCUT2D eigenvalue weighted by Gasteiger charge is 2.48. The average molecular weight is 154 g/mol. The highest BCUT2D eigenvalue weighted by atomic mass is 16.2. The number of hydrogen-bond donors (Lipinski definition) is 1. The van der Waals surface area contributed by atoms with Crippen molar-refractivity contribution in [2.45, 2.75) is 18.9 Å². The molecule has 2 bridgehead atoms. The Morgan fingerprint density at radius 2 is 2.36 bits per heavy atom. The summed E-state index contributed by atoms with van der Waals surface area (Å²) in [7, 11) is 1.92. The first-order chi connectivity index (χ1) is 5.33. The molecule has 0 unspecified atom stereocenters. The van der Waals surface area contributed by atoms with Crippen LogP contribution in [0.2, 0.25) is 0 Å². The van der Waals surface area contributed by atoms with Crippen LogP contribution in [0.1, 0.15) is 12.8 Å². The van der Waals surface area contributed by atoms with Crippen LogP contribution in [0.3, 0.4) is 0 Å². The molecule has 2 heterocycles. The van der Waals surface area contributed by atoms with Crippen LogP contribution in [-0.2, 0) is 4.79 Å². The van der Waals surface area contributed by atoms with Gasteiger partial charge in [0.25, 0.3) is 0 Å². The third kappa shape index (κ3) is 0.948. The monoisotopic (exact) mass is 154 g/mol. The molecule has 3 nitrogen and oxygen atoms in total. The van der Waals surface area contributed by atoms with Crippen LogP contribution in [0.5, 0.6) is 0 Å². The highest BCUT2D eigenvalue weighted by Crippen LogP contribution is 2.41. The summed E-state index contributed by atoms with van der Waals surface area (Å²) >= 11 is 0.